The van der Waals surface area contributed by atoms with Gasteiger partial charge in [0.05, 0.1) is 24.5 Å². The molecule has 0 aliphatic carbocycles. The molecule has 2 aliphatic heterocycles. The van der Waals surface area contributed by atoms with E-state index in [2.05, 4.69) is 4.72 Å². The van der Waals surface area contributed by atoms with Crippen LogP contribution in [0.5, 0.6) is 11.5 Å². The summed E-state index contributed by atoms with van der Waals surface area (Å²) < 4.78 is 43.6. The number of benzene rings is 2. The van der Waals surface area contributed by atoms with Crippen LogP contribution in [0, 0.1) is 0 Å². The minimum Gasteiger partial charge on any atom is -0.454 e. The minimum atomic E-state index is -3.34. The lowest BCUT2D eigenvalue weighted by Crippen LogP contribution is -2.42. The molecule has 27 heavy (non-hydrogen) atoms. The summed E-state index contributed by atoms with van der Waals surface area (Å²) in [6.45, 7) is 4.50. The molecule has 0 bridgehead atoms. The Kier molecular flexibility index (Phi) is 4.84. The summed E-state index contributed by atoms with van der Waals surface area (Å²) in [6, 6.07) is 13.8. The Balaban J connectivity index is 1.53. The predicted molar refractivity (Wildman–Crippen MR) is 103 cm³/mol. The van der Waals surface area contributed by atoms with Gasteiger partial charge in [0.2, 0.25) is 16.8 Å². The molecule has 0 amide bonds. The zero-order chi connectivity index (χ0) is 19.0. The van der Waals surface area contributed by atoms with E-state index in [1.165, 1.54) is 0 Å². The minimum absolute atomic E-state index is 0.00401. The number of sulfonamides is 1. The number of nitrogens with one attached hydrogen (secondary N) is 1. The van der Waals surface area contributed by atoms with Crippen molar-refractivity contribution in [2.45, 2.75) is 31.1 Å². The summed E-state index contributed by atoms with van der Waals surface area (Å²) in [4.78, 5) is 0. The first-order chi connectivity index (χ1) is 12.9. The van der Waals surface area contributed by atoms with Crippen LogP contribution >= 0.6 is 0 Å². The van der Waals surface area contributed by atoms with Crippen molar-refractivity contribution in [3.05, 3.63) is 48.0 Å². The van der Waals surface area contributed by atoms with Crippen LogP contribution in [0.15, 0.2) is 42.5 Å². The molecule has 1 saturated heterocycles. The number of ether oxygens (including phenoxy) is 3. The van der Waals surface area contributed by atoms with Crippen molar-refractivity contribution in [1.82, 2.24) is 4.72 Å². The Bertz CT molecular complexity index is 924. The van der Waals surface area contributed by atoms with Crippen LogP contribution in [-0.2, 0) is 14.8 Å². The van der Waals surface area contributed by atoms with Gasteiger partial charge in [-0.2, -0.15) is 0 Å². The Hall–Kier alpha value is -2.09. The summed E-state index contributed by atoms with van der Waals surface area (Å²) in [5, 5.41) is -0.466. The highest BCUT2D eigenvalue weighted by Gasteiger charge is 2.33. The molecule has 1 fully saturated rings. The molecular formula is C20H23NO5S. The van der Waals surface area contributed by atoms with Crippen LogP contribution in [0.3, 0.4) is 0 Å². The summed E-state index contributed by atoms with van der Waals surface area (Å²) in [5.41, 5.74) is 3.18. The Morgan fingerprint density at radius 2 is 1.67 bits per heavy atom. The highest BCUT2D eigenvalue weighted by atomic mass is 32.2. The monoisotopic (exact) mass is 389 g/mol. The lowest BCUT2D eigenvalue weighted by Gasteiger charge is -2.21. The molecule has 2 atom stereocenters. The fourth-order valence-electron chi connectivity index (χ4n) is 3.34. The standard InChI is InChI=1S/C20H23NO5S/c1-13(2)27(22,23)21-18-11-24-10-17(18)15-5-3-14(4-6-15)16-7-8-19-20(9-16)26-12-25-19/h3-9,13,17-18,21H,10-12H2,1-2H3/t17-,18-/m0/s1. The van der Waals surface area contributed by atoms with E-state index in [0.717, 1.165) is 28.2 Å². The molecule has 0 radical (unpaired) electrons. The maximum Gasteiger partial charge on any atom is 0.231 e. The van der Waals surface area contributed by atoms with E-state index in [4.69, 9.17) is 14.2 Å². The molecule has 2 aliphatic rings. The van der Waals surface area contributed by atoms with Gasteiger partial charge in [-0.15, -0.1) is 0 Å². The first-order valence-corrected chi connectivity index (χ1v) is 10.6. The van der Waals surface area contributed by atoms with Gasteiger partial charge in [0, 0.05) is 5.92 Å². The van der Waals surface area contributed by atoms with Gasteiger partial charge in [0.1, 0.15) is 0 Å². The van der Waals surface area contributed by atoms with Crippen LogP contribution in [0.25, 0.3) is 11.1 Å². The quantitative estimate of drug-likeness (QED) is 0.851. The van der Waals surface area contributed by atoms with Crippen molar-refractivity contribution in [3.63, 3.8) is 0 Å². The van der Waals surface area contributed by atoms with Crippen molar-refractivity contribution < 1.29 is 22.6 Å². The fourth-order valence-corrected chi connectivity index (χ4v) is 4.27. The average molecular weight is 389 g/mol. The molecule has 144 valence electrons. The van der Waals surface area contributed by atoms with E-state index in [9.17, 15) is 8.42 Å². The Labute approximate surface area is 159 Å². The van der Waals surface area contributed by atoms with E-state index in [1.807, 2.05) is 42.5 Å². The van der Waals surface area contributed by atoms with E-state index in [0.29, 0.717) is 13.2 Å². The molecule has 7 heteroatoms. The van der Waals surface area contributed by atoms with Gasteiger partial charge in [-0.1, -0.05) is 30.3 Å². The van der Waals surface area contributed by atoms with Gasteiger partial charge in [-0.25, -0.2) is 13.1 Å². The number of hydrogen-bond donors (Lipinski definition) is 1. The van der Waals surface area contributed by atoms with Crippen molar-refractivity contribution in [2.75, 3.05) is 20.0 Å². The smallest absolute Gasteiger partial charge is 0.231 e. The van der Waals surface area contributed by atoms with E-state index in [1.54, 1.807) is 13.8 Å². The third-order valence-electron chi connectivity index (χ3n) is 5.06. The van der Waals surface area contributed by atoms with Gasteiger partial charge in [0.25, 0.3) is 0 Å². The van der Waals surface area contributed by atoms with Crippen molar-refractivity contribution in [2.24, 2.45) is 0 Å². The lowest BCUT2D eigenvalue weighted by atomic mass is 9.93. The third-order valence-corrected chi connectivity index (χ3v) is 6.93. The van der Waals surface area contributed by atoms with Crippen LogP contribution in [0.1, 0.15) is 25.3 Å². The highest BCUT2D eigenvalue weighted by Crippen LogP contribution is 2.36. The first-order valence-electron chi connectivity index (χ1n) is 9.03. The predicted octanol–water partition coefficient (Wildman–Crippen LogP) is 2.89. The van der Waals surface area contributed by atoms with Gasteiger partial charge in [-0.3, -0.25) is 0 Å². The maximum absolute atomic E-state index is 12.2. The van der Waals surface area contributed by atoms with E-state index in [-0.39, 0.29) is 18.8 Å². The van der Waals surface area contributed by atoms with Crippen molar-refractivity contribution in [1.29, 1.82) is 0 Å². The number of hydrogen-bond acceptors (Lipinski definition) is 5. The summed E-state index contributed by atoms with van der Waals surface area (Å²) in [7, 11) is -3.34. The van der Waals surface area contributed by atoms with E-state index < -0.39 is 15.3 Å². The summed E-state index contributed by atoms with van der Waals surface area (Å²) in [6.07, 6.45) is 0. The average Bonchev–Trinajstić information content (AvgIpc) is 3.30. The molecule has 6 nitrogen and oxygen atoms in total. The summed E-state index contributed by atoms with van der Waals surface area (Å²) in [5.74, 6) is 1.52. The van der Waals surface area contributed by atoms with Gasteiger partial charge in [0.15, 0.2) is 11.5 Å². The molecule has 2 aromatic rings. The van der Waals surface area contributed by atoms with Crippen molar-refractivity contribution in [3.8, 4) is 22.6 Å². The second-order valence-corrected chi connectivity index (χ2v) is 9.42. The van der Waals surface area contributed by atoms with Gasteiger partial charge >= 0.3 is 0 Å². The summed E-state index contributed by atoms with van der Waals surface area (Å²) >= 11 is 0. The molecule has 2 heterocycles. The lowest BCUT2D eigenvalue weighted by molar-refractivity contribution is 0.174. The number of rotatable bonds is 5. The largest absolute Gasteiger partial charge is 0.454 e. The van der Waals surface area contributed by atoms with Crippen LogP contribution in [0.4, 0.5) is 0 Å². The molecule has 4 rings (SSSR count). The second kappa shape index (κ2) is 7.14. The van der Waals surface area contributed by atoms with E-state index >= 15 is 0 Å². The van der Waals surface area contributed by atoms with Gasteiger partial charge in [-0.05, 0) is 42.7 Å². The van der Waals surface area contributed by atoms with Gasteiger partial charge < -0.3 is 14.2 Å². The second-order valence-electron chi connectivity index (χ2n) is 7.15. The maximum atomic E-state index is 12.2. The molecule has 0 aromatic heterocycles. The molecule has 0 unspecified atom stereocenters. The zero-order valence-corrected chi connectivity index (χ0v) is 16.2. The van der Waals surface area contributed by atoms with Crippen LogP contribution in [-0.4, -0.2) is 39.7 Å². The molecule has 0 spiro atoms. The van der Waals surface area contributed by atoms with Crippen LogP contribution < -0.4 is 14.2 Å². The Morgan fingerprint density at radius 1 is 0.963 bits per heavy atom. The fraction of sp³-hybridized carbons (Fsp3) is 0.400. The highest BCUT2D eigenvalue weighted by molar-refractivity contribution is 7.90. The zero-order valence-electron chi connectivity index (χ0n) is 15.3. The number of fused-ring (bicyclic) bond motifs is 1. The van der Waals surface area contributed by atoms with Crippen molar-refractivity contribution >= 4 is 10.0 Å². The Morgan fingerprint density at radius 3 is 2.41 bits per heavy atom. The first kappa shape index (κ1) is 18.3. The SMILES string of the molecule is CC(C)S(=O)(=O)N[C@H]1COC[C@H]1c1ccc(-c2ccc3c(c2)OCO3)cc1. The molecule has 0 saturated carbocycles. The third kappa shape index (κ3) is 3.67. The topological polar surface area (TPSA) is 73.9 Å². The molecule has 1 N–H and O–H groups in total. The molecular weight excluding hydrogens is 366 g/mol. The normalized spacial score (nSPS) is 21.7. The molecule has 2 aromatic carbocycles. The van der Waals surface area contributed by atoms with Crippen LogP contribution in [0.2, 0.25) is 0 Å².